The number of thiophene rings is 1. The molecule has 4 heteroatoms. The minimum atomic E-state index is -0.729. The van der Waals surface area contributed by atoms with E-state index in [-0.39, 0.29) is 23.0 Å². The van der Waals surface area contributed by atoms with Crippen LogP contribution in [0.3, 0.4) is 0 Å². The number of hydrogen-bond acceptors (Lipinski definition) is 3. The van der Waals surface area contributed by atoms with Crippen molar-refractivity contribution in [3.8, 4) is 10.6 Å². The van der Waals surface area contributed by atoms with Crippen molar-refractivity contribution in [2.75, 3.05) is 6.61 Å². The van der Waals surface area contributed by atoms with Crippen LogP contribution in [0.2, 0.25) is 0 Å². The molecule has 176 valence electrons. The molecule has 0 fully saturated rings. The van der Waals surface area contributed by atoms with Crippen molar-refractivity contribution < 1.29 is 14.3 Å². The number of carbonyl (C=O) groups is 1. The van der Waals surface area contributed by atoms with Gasteiger partial charge in [0.25, 0.3) is 0 Å². The van der Waals surface area contributed by atoms with Gasteiger partial charge in [-0.05, 0) is 68.0 Å². The minimum absolute atomic E-state index is 0.0744. The highest BCUT2D eigenvalue weighted by Crippen LogP contribution is 2.42. The third kappa shape index (κ3) is 5.02. The first-order valence-corrected chi connectivity index (χ1v) is 13.0. The van der Waals surface area contributed by atoms with E-state index in [1.54, 1.807) is 0 Å². The zero-order valence-electron chi connectivity index (χ0n) is 20.8. The van der Waals surface area contributed by atoms with Gasteiger partial charge in [-0.25, -0.2) is 4.79 Å². The summed E-state index contributed by atoms with van der Waals surface area (Å²) in [5.74, 6) is 0.834. The zero-order chi connectivity index (χ0) is 24.5. The Morgan fingerprint density at radius 2 is 1.59 bits per heavy atom. The molecule has 0 bridgehead atoms. The van der Waals surface area contributed by atoms with Crippen LogP contribution in [0.5, 0.6) is 5.75 Å². The number of hydrogen-bond donors (Lipinski definition) is 0. The number of carbonyl (C=O) groups excluding carboxylic acids is 1. The summed E-state index contributed by atoms with van der Waals surface area (Å²) in [4.78, 5) is 13.9. The summed E-state index contributed by atoms with van der Waals surface area (Å²) in [6.45, 7) is 12.1. The average Bonchev–Trinajstić information content (AvgIpc) is 3.22. The summed E-state index contributed by atoms with van der Waals surface area (Å²) >= 11 is 0. The van der Waals surface area contributed by atoms with E-state index in [2.05, 4.69) is 73.8 Å². The molecule has 1 aromatic heterocycles. The number of esters is 1. The second kappa shape index (κ2) is 9.63. The molecule has 1 heterocycles. The molecule has 0 saturated heterocycles. The average molecular weight is 474 g/mol. The third-order valence-corrected chi connectivity index (χ3v) is 8.20. The van der Waals surface area contributed by atoms with E-state index in [1.807, 2.05) is 39.8 Å². The van der Waals surface area contributed by atoms with Gasteiger partial charge in [0.2, 0.25) is 0 Å². The summed E-state index contributed by atoms with van der Waals surface area (Å²) in [5.41, 5.74) is 3.55. The van der Waals surface area contributed by atoms with Gasteiger partial charge >= 0.3 is 5.97 Å². The minimum Gasteiger partial charge on any atom is -0.481 e. The molecule has 1 unspecified atom stereocenters. The number of rotatable bonds is 7. The number of aryl methyl sites for hydroxylation is 2. The van der Waals surface area contributed by atoms with Gasteiger partial charge in [0.15, 0.2) is 16.2 Å². The summed E-state index contributed by atoms with van der Waals surface area (Å²) < 4.78 is 13.1. The van der Waals surface area contributed by atoms with Crippen molar-refractivity contribution in [1.82, 2.24) is 0 Å². The smallest absolute Gasteiger partial charge is 0.345 e. The maximum absolute atomic E-state index is 12.7. The molecule has 3 nitrogen and oxygen atoms in total. The van der Waals surface area contributed by atoms with Crippen molar-refractivity contribution >= 4 is 26.5 Å². The maximum Gasteiger partial charge on any atom is 0.345 e. The highest BCUT2D eigenvalue weighted by atomic mass is 32.2. The Bertz CT molecular complexity index is 1290. The summed E-state index contributed by atoms with van der Waals surface area (Å²) in [5, 5.41) is 3.55. The van der Waals surface area contributed by atoms with Crippen LogP contribution in [0.1, 0.15) is 55.9 Å². The molecule has 1 atom stereocenters. The number of ether oxygens (including phenoxy) is 2. The molecule has 0 amide bonds. The SMILES string of the molecule is Cc1cc(-[s+]2ccc3ccccc32)cc(C)c1OCC(=O)OC(C)(C)c1ccc(C(C)C)cc1. The highest BCUT2D eigenvalue weighted by molar-refractivity contribution is 7.43. The molecule has 4 rings (SSSR count). The fraction of sp³-hybridized carbons (Fsp3) is 0.300. The second-order valence-corrected chi connectivity index (χ2v) is 11.5. The Balaban J connectivity index is 1.45. The van der Waals surface area contributed by atoms with Crippen LogP contribution in [0.25, 0.3) is 15.0 Å². The topological polar surface area (TPSA) is 35.5 Å². The molecule has 0 aliphatic carbocycles. The van der Waals surface area contributed by atoms with Crippen molar-refractivity contribution in [1.29, 1.82) is 0 Å². The summed E-state index contributed by atoms with van der Waals surface area (Å²) in [6, 6.07) is 23.3. The summed E-state index contributed by atoms with van der Waals surface area (Å²) in [6.07, 6.45) is 0. The van der Waals surface area contributed by atoms with Crippen LogP contribution in [0.15, 0.2) is 72.1 Å². The Morgan fingerprint density at radius 1 is 0.941 bits per heavy atom. The Kier molecular flexibility index (Phi) is 6.81. The third-order valence-electron chi connectivity index (χ3n) is 6.20. The van der Waals surface area contributed by atoms with Crippen LogP contribution >= 0.6 is 10.5 Å². The molecule has 4 aromatic rings. The Hall–Kier alpha value is -3.11. The maximum atomic E-state index is 12.7. The van der Waals surface area contributed by atoms with Gasteiger partial charge in [-0.15, -0.1) is 0 Å². The second-order valence-electron chi connectivity index (χ2n) is 9.61. The first-order valence-electron chi connectivity index (χ1n) is 11.7. The lowest BCUT2D eigenvalue weighted by Gasteiger charge is -2.26. The van der Waals surface area contributed by atoms with E-state index < -0.39 is 5.60 Å². The lowest BCUT2D eigenvalue weighted by atomic mass is 9.94. The molecule has 0 N–H and O–H groups in total. The van der Waals surface area contributed by atoms with Crippen molar-refractivity contribution in [2.45, 2.75) is 53.1 Å². The van der Waals surface area contributed by atoms with E-state index in [4.69, 9.17) is 9.47 Å². The quantitative estimate of drug-likeness (QED) is 0.200. The predicted molar refractivity (Wildman–Crippen MR) is 142 cm³/mol. The van der Waals surface area contributed by atoms with Crippen molar-refractivity contribution in [2.24, 2.45) is 0 Å². The van der Waals surface area contributed by atoms with Crippen LogP contribution in [0, 0.1) is 13.8 Å². The first kappa shape index (κ1) is 24.0. The van der Waals surface area contributed by atoms with E-state index >= 15 is 0 Å². The number of fused-ring (bicyclic) bond motifs is 1. The van der Waals surface area contributed by atoms with Crippen LogP contribution in [-0.4, -0.2) is 12.6 Å². The van der Waals surface area contributed by atoms with Gasteiger partial charge in [0.05, 0.1) is 0 Å². The molecule has 0 spiro atoms. The lowest BCUT2D eigenvalue weighted by molar-refractivity contribution is -0.159. The highest BCUT2D eigenvalue weighted by Gasteiger charge is 2.26. The lowest BCUT2D eigenvalue weighted by Crippen LogP contribution is -2.28. The Labute approximate surface area is 205 Å². The van der Waals surface area contributed by atoms with E-state index in [0.29, 0.717) is 5.92 Å². The van der Waals surface area contributed by atoms with Gasteiger partial charge in [0, 0.05) is 34.1 Å². The predicted octanol–water partition coefficient (Wildman–Crippen LogP) is 8.18. The molecule has 0 saturated carbocycles. The monoisotopic (exact) mass is 473 g/mol. The van der Waals surface area contributed by atoms with E-state index in [1.165, 1.54) is 20.5 Å². The van der Waals surface area contributed by atoms with Crippen molar-refractivity contribution in [3.05, 3.63) is 94.4 Å². The Morgan fingerprint density at radius 3 is 2.24 bits per heavy atom. The molecule has 0 radical (unpaired) electrons. The summed E-state index contributed by atoms with van der Waals surface area (Å²) in [7, 11) is -0.0744. The van der Waals surface area contributed by atoms with E-state index in [9.17, 15) is 4.79 Å². The molecular formula is C30H33O3S+. The molecule has 34 heavy (non-hydrogen) atoms. The zero-order valence-corrected chi connectivity index (χ0v) is 21.7. The van der Waals surface area contributed by atoms with Gasteiger partial charge in [-0.2, -0.15) is 0 Å². The first-order chi connectivity index (χ1) is 16.2. The fourth-order valence-corrected chi connectivity index (χ4v) is 6.34. The molecule has 3 aromatic carbocycles. The number of benzene rings is 3. The van der Waals surface area contributed by atoms with Crippen LogP contribution < -0.4 is 4.74 Å². The fourth-order valence-electron chi connectivity index (χ4n) is 4.28. The van der Waals surface area contributed by atoms with Crippen LogP contribution in [0.4, 0.5) is 0 Å². The normalized spacial score (nSPS) is 12.3. The molecular weight excluding hydrogens is 440 g/mol. The van der Waals surface area contributed by atoms with Crippen LogP contribution in [-0.2, 0) is 15.1 Å². The van der Waals surface area contributed by atoms with Gasteiger partial charge in [0.1, 0.15) is 16.7 Å². The van der Waals surface area contributed by atoms with Gasteiger partial charge < -0.3 is 9.47 Å². The van der Waals surface area contributed by atoms with Crippen molar-refractivity contribution in [3.63, 3.8) is 0 Å². The van der Waals surface area contributed by atoms with Gasteiger partial charge in [-0.3, -0.25) is 0 Å². The van der Waals surface area contributed by atoms with Gasteiger partial charge in [-0.1, -0.05) is 50.2 Å². The standard InChI is InChI=1S/C30H33O3S/c1-20(2)23-11-13-25(14-12-23)30(5,6)33-28(31)19-32-29-21(3)17-26(18-22(29)4)34-16-15-24-9-7-8-10-27(24)34/h7-18,20H,19H2,1-6H3/q+1. The van der Waals surface area contributed by atoms with E-state index in [0.717, 1.165) is 22.4 Å². The largest absolute Gasteiger partial charge is 0.481 e. The molecule has 0 aliphatic rings. The molecule has 0 aliphatic heterocycles.